The first-order valence-corrected chi connectivity index (χ1v) is 7.70. The van der Waals surface area contributed by atoms with Crippen molar-refractivity contribution in [3.05, 3.63) is 23.5 Å². The summed E-state index contributed by atoms with van der Waals surface area (Å²) >= 11 is 0. The summed E-state index contributed by atoms with van der Waals surface area (Å²) in [5, 5.41) is 2.43. The molecule has 0 aromatic carbocycles. The molecule has 24 heavy (non-hydrogen) atoms. The molecule has 1 aromatic rings. The van der Waals surface area contributed by atoms with Gasteiger partial charge in [-0.2, -0.15) is 0 Å². The van der Waals surface area contributed by atoms with Crippen LogP contribution in [0, 0.1) is 6.92 Å². The maximum Gasteiger partial charge on any atom is 0.408 e. The largest absolute Gasteiger partial charge is 0.461 e. The first-order valence-electron chi connectivity index (χ1n) is 7.70. The lowest BCUT2D eigenvalue weighted by Gasteiger charge is -2.22. The Hall–Kier alpha value is -2.51. The fraction of sp³-hybridized carbons (Fsp3) is 0.562. The monoisotopic (exact) mass is 339 g/mol. The summed E-state index contributed by atoms with van der Waals surface area (Å²) in [5.74, 6) is -1.03. The smallest absolute Gasteiger partial charge is 0.408 e. The number of amides is 2. The third kappa shape index (κ3) is 5.60. The van der Waals surface area contributed by atoms with E-state index < -0.39 is 29.6 Å². The van der Waals surface area contributed by atoms with Crippen LogP contribution in [0.1, 0.15) is 50.7 Å². The number of nitrogens with one attached hydrogen (secondary N) is 2. The van der Waals surface area contributed by atoms with Gasteiger partial charge < -0.3 is 14.8 Å². The molecule has 0 spiro atoms. The van der Waals surface area contributed by atoms with Crippen LogP contribution >= 0.6 is 0 Å². The van der Waals surface area contributed by atoms with Crippen LogP contribution in [0.3, 0.4) is 0 Å². The van der Waals surface area contributed by atoms with E-state index in [4.69, 9.17) is 9.47 Å². The number of nitrogens with zero attached hydrogens (tertiary/aromatic N) is 1. The van der Waals surface area contributed by atoms with Gasteiger partial charge in [0.25, 0.3) is 5.91 Å². The second kappa shape index (κ2) is 7.85. The zero-order valence-electron chi connectivity index (χ0n) is 14.9. The zero-order chi connectivity index (χ0) is 18.5. The summed E-state index contributed by atoms with van der Waals surface area (Å²) < 4.78 is 11.3. The van der Waals surface area contributed by atoms with Crippen molar-refractivity contribution in [2.45, 2.75) is 53.2 Å². The Morgan fingerprint density at radius 3 is 2.46 bits per heavy atom. The summed E-state index contributed by atoms with van der Waals surface area (Å²) in [7, 11) is 0. The minimum atomic E-state index is -0.849. The van der Waals surface area contributed by atoms with E-state index >= 15 is 0 Å². The fourth-order valence-corrected chi connectivity index (χ4v) is 1.85. The third-order valence-electron chi connectivity index (χ3n) is 2.91. The van der Waals surface area contributed by atoms with E-state index in [1.54, 1.807) is 46.9 Å². The molecule has 0 unspecified atom stereocenters. The summed E-state index contributed by atoms with van der Waals surface area (Å²) in [5.41, 5.74) is 2.79. The molecule has 0 saturated heterocycles. The average molecular weight is 339 g/mol. The van der Waals surface area contributed by atoms with Gasteiger partial charge in [-0.15, -0.1) is 0 Å². The van der Waals surface area contributed by atoms with Crippen molar-refractivity contribution in [3.63, 3.8) is 0 Å². The van der Waals surface area contributed by atoms with E-state index in [2.05, 4.69) is 10.7 Å². The number of carbonyl (C=O) groups is 3. The number of hydrogen-bond acceptors (Lipinski definition) is 5. The van der Waals surface area contributed by atoms with Crippen molar-refractivity contribution in [2.24, 2.45) is 0 Å². The van der Waals surface area contributed by atoms with Crippen molar-refractivity contribution in [2.75, 3.05) is 12.0 Å². The average Bonchev–Trinajstić information content (AvgIpc) is 2.77. The van der Waals surface area contributed by atoms with Crippen LogP contribution in [0.2, 0.25) is 0 Å². The quantitative estimate of drug-likeness (QED) is 0.799. The van der Waals surface area contributed by atoms with E-state index in [0.717, 1.165) is 0 Å². The molecule has 0 aliphatic heterocycles. The van der Waals surface area contributed by atoms with Gasteiger partial charge in [-0.05, 0) is 53.2 Å². The number of aromatic nitrogens is 1. The highest BCUT2D eigenvalue weighted by Crippen LogP contribution is 2.10. The molecule has 0 aliphatic rings. The number of alkyl carbamates (subject to hydrolysis) is 1. The summed E-state index contributed by atoms with van der Waals surface area (Å²) in [4.78, 5) is 35.8. The van der Waals surface area contributed by atoms with Crippen molar-refractivity contribution < 1.29 is 23.9 Å². The number of rotatable bonds is 5. The van der Waals surface area contributed by atoms with Crippen LogP contribution in [-0.2, 0) is 14.3 Å². The van der Waals surface area contributed by atoms with Crippen LogP contribution in [0.15, 0.2) is 12.3 Å². The lowest BCUT2D eigenvalue weighted by molar-refractivity contribution is -0.118. The van der Waals surface area contributed by atoms with E-state index in [1.165, 1.54) is 11.6 Å². The molecule has 8 heteroatoms. The number of aryl methyl sites for hydroxylation is 1. The molecular formula is C16H25N3O5. The van der Waals surface area contributed by atoms with Crippen molar-refractivity contribution in [1.82, 2.24) is 9.99 Å². The number of esters is 1. The van der Waals surface area contributed by atoms with Crippen molar-refractivity contribution in [3.8, 4) is 0 Å². The Morgan fingerprint density at radius 2 is 1.92 bits per heavy atom. The highest BCUT2D eigenvalue weighted by atomic mass is 16.6. The molecule has 1 aromatic heterocycles. The summed E-state index contributed by atoms with van der Waals surface area (Å²) in [6, 6.07) is 0.830. The maximum atomic E-state index is 12.2. The molecule has 0 bridgehead atoms. The molecule has 0 radical (unpaired) electrons. The van der Waals surface area contributed by atoms with E-state index in [9.17, 15) is 14.4 Å². The highest BCUT2D eigenvalue weighted by Gasteiger charge is 2.23. The molecular weight excluding hydrogens is 314 g/mol. The van der Waals surface area contributed by atoms with Gasteiger partial charge in [-0.25, -0.2) is 9.59 Å². The Bertz CT molecular complexity index is 616. The van der Waals surface area contributed by atoms with E-state index in [0.29, 0.717) is 5.56 Å². The molecule has 1 atom stereocenters. The zero-order valence-corrected chi connectivity index (χ0v) is 14.9. The normalized spacial score (nSPS) is 12.2. The van der Waals surface area contributed by atoms with Gasteiger partial charge in [0.2, 0.25) is 0 Å². The molecule has 1 rings (SSSR count). The lowest BCUT2D eigenvalue weighted by atomic mass is 10.2. The Labute approximate surface area is 141 Å². The van der Waals surface area contributed by atoms with Gasteiger partial charge in [-0.1, -0.05) is 0 Å². The lowest BCUT2D eigenvalue weighted by Crippen LogP contribution is -2.45. The second-order valence-electron chi connectivity index (χ2n) is 6.28. The van der Waals surface area contributed by atoms with Gasteiger partial charge in [0.05, 0.1) is 6.61 Å². The number of hydrogen-bond donors (Lipinski definition) is 2. The van der Waals surface area contributed by atoms with Gasteiger partial charge in [0.1, 0.15) is 11.6 Å². The van der Waals surface area contributed by atoms with Gasteiger partial charge in [0, 0.05) is 6.20 Å². The number of carbonyl (C=O) groups excluding carboxylic acids is 3. The Kier molecular flexibility index (Phi) is 6.39. The topological polar surface area (TPSA) is 98.7 Å². The van der Waals surface area contributed by atoms with Crippen molar-refractivity contribution >= 4 is 18.0 Å². The third-order valence-corrected chi connectivity index (χ3v) is 2.91. The molecule has 1 heterocycles. The summed E-state index contributed by atoms with van der Waals surface area (Å²) in [6.45, 7) is 10.4. The molecule has 134 valence electrons. The first-order chi connectivity index (χ1) is 11.0. The van der Waals surface area contributed by atoms with Gasteiger partial charge in [0.15, 0.2) is 5.69 Å². The Morgan fingerprint density at radius 1 is 1.29 bits per heavy atom. The SMILES string of the molecule is CCOC(=O)c1c(C)ccn1NC(=O)[C@H](C)NC(=O)OC(C)(C)C. The highest BCUT2D eigenvalue weighted by molar-refractivity contribution is 5.94. The van der Waals surface area contributed by atoms with Crippen LogP contribution in [0.5, 0.6) is 0 Å². The molecule has 0 aliphatic carbocycles. The molecule has 8 nitrogen and oxygen atoms in total. The minimum Gasteiger partial charge on any atom is -0.461 e. The fourth-order valence-electron chi connectivity index (χ4n) is 1.85. The minimum absolute atomic E-state index is 0.230. The van der Waals surface area contributed by atoms with Crippen LogP contribution in [-0.4, -0.2) is 40.9 Å². The molecule has 0 fully saturated rings. The van der Waals surface area contributed by atoms with Crippen LogP contribution in [0.4, 0.5) is 4.79 Å². The molecule has 2 N–H and O–H groups in total. The van der Waals surface area contributed by atoms with Crippen LogP contribution < -0.4 is 10.7 Å². The van der Waals surface area contributed by atoms with Gasteiger partial charge >= 0.3 is 12.1 Å². The standard InChI is InChI=1S/C16H25N3O5/c1-7-23-14(21)12-10(2)8-9-19(12)18-13(20)11(3)17-15(22)24-16(4,5)6/h8-9,11H,7H2,1-6H3,(H,17,22)(H,18,20)/t11-/m0/s1. The molecule has 2 amide bonds. The maximum absolute atomic E-state index is 12.2. The predicted octanol–water partition coefficient (Wildman–Crippen LogP) is 1.96. The Balaban J connectivity index is 2.74. The van der Waals surface area contributed by atoms with Crippen molar-refractivity contribution in [1.29, 1.82) is 0 Å². The predicted molar refractivity (Wildman–Crippen MR) is 88.3 cm³/mol. The second-order valence-corrected chi connectivity index (χ2v) is 6.28. The first kappa shape index (κ1) is 19.5. The van der Waals surface area contributed by atoms with E-state index in [1.807, 2.05) is 0 Å². The van der Waals surface area contributed by atoms with E-state index in [-0.39, 0.29) is 12.3 Å². The summed E-state index contributed by atoms with van der Waals surface area (Å²) in [6.07, 6.45) is 0.846. The van der Waals surface area contributed by atoms with Gasteiger partial charge in [-0.3, -0.25) is 14.9 Å². The number of ether oxygens (including phenoxy) is 2. The molecule has 0 saturated carbocycles. The van der Waals surface area contributed by atoms with Crippen LogP contribution in [0.25, 0.3) is 0 Å².